The number of benzene rings is 1. The lowest BCUT2D eigenvalue weighted by molar-refractivity contribution is -0.384. The summed E-state index contributed by atoms with van der Waals surface area (Å²) < 4.78 is 0. The van der Waals surface area contributed by atoms with Gasteiger partial charge in [-0.25, -0.2) is 4.79 Å². The Morgan fingerprint density at radius 2 is 2.10 bits per heavy atom. The number of non-ortho nitro benzene ring substituents is 1. The van der Waals surface area contributed by atoms with Crippen molar-refractivity contribution >= 4 is 29.0 Å². The number of hydrogen-bond donors (Lipinski definition) is 1. The molecule has 1 aromatic carbocycles. The molecule has 20 heavy (non-hydrogen) atoms. The fourth-order valence-electron chi connectivity index (χ4n) is 2.13. The number of carbonyl (C=O) groups excluding carboxylic acids is 1. The fourth-order valence-corrected chi connectivity index (χ4v) is 2.29. The number of rotatable bonds is 2. The Labute approximate surface area is 121 Å². The summed E-state index contributed by atoms with van der Waals surface area (Å²) in [5.41, 5.74) is 0.168. The third-order valence-electron chi connectivity index (χ3n) is 3.47. The van der Waals surface area contributed by atoms with Crippen LogP contribution in [0.2, 0.25) is 5.02 Å². The Morgan fingerprint density at radius 3 is 2.70 bits per heavy atom. The van der Waals surface area contributed by atoms with Gasteiger partial charge in [0.25, 0.3) is 5.69 Å². The van der Waals surface area contributed by atoms with Gasteiger partial charge in [0.2, 0.25) is 0 Å². The van der Waals surface area contributed by atoms with Gasteiger partial charge in [-0.1, -0.05) is 18.5 Å². The Hall–Kier alpha value is -1.82. The molecule has 1 fully saturated rings. The minimum absolute atomic E-state index is 0.100. The molecule has 1 saturated heterocycles. The molecule has 6 nitrogen and oxygen atoms in total. The van der Waals surface area contributed by atoms with E-state index in [4.69, 9.17) is 11.6 Å². The second kappa shape index (κ2) is 6.09. The molecule has 0 spiro atoms. The number of urea groups is 1. The van der Waals surface area contributed by atoms with E-state index < -0.39 is 4.92 Å². The van der Waals surface area contributed by atoms with Crippen molar-refractivity contribution in [2.75, 3.05) is 18.4 Å². The van der Waals surface area contributed by atoms with E-state index in [0.29, 0.717) is 19.0 Å². The summed E-state index contributed by atoms with van der Waals surface area (Å²) in [5.74, 6) is 0.625. The van der Waals surface area contributed by atoms with Crippen LogP contribution in [0.15, 0.2) is 18.2 Å². The van der Waals surface area contributed by atoms with Crippen LogP contribution >= 0.6 is 11.6 Å². The van der Waals surface area contributed by atoms with Gasteiger partial charge in [0.15, 0.2) is 0 Å². The zero-order valence-electron chi connectivity index (χ0n) is 11.1. The van der Waals surface area contributed by atoms with Gasteiger partial charge in [-0.15, -0.1) is 0 Å². The van der Waals surface area contributed by atoms with Crippen LogP contribution in [0.25, 0.3) is 0 Å². The molecule has 1 N–H and O–H groups in total. The molecule has 1 aliphatic heterocycles. The Morgan fingerprint density at radius 1 is 1.45 bits per heavy atom. The molecular weight excluding hydrogens is 282 g/mol. The summed E-state index contributed by atoms with van der Waals surface area (Å²) in [4.78, 5) is 24.0. The minimum atomic E-state index is -0.519. The van der Waals surface area contributed by atoms with Crippen LogP contribution in [0, 0.1) is 16.0 Å². The minimum Gasteiger partial charge on any atom is -0.325 e. The molecule has 108 valence electrons. The number of anilines is 1. The van der Waals surface area contributed by atoms with E-state index >= 15 is 0 Å². The predicted octanol–water partition coefficient (Wildman–Crippen LogP) is 3.51. The largest absolute Gasteiger partial charge is 0.325 e. The standard InChI is InChI=1S/C13H16ClN3O3/c1-9-4-6-16(7-5-9)13(18)15-12-8-10(17(19)20)2-3-11(12)14/h2-3,8-9H,4-7H2,1H3,(H,15,18). The molecular formula is C13H16ClN3O3. The Balaban J connectivity index is 2.07. The number of hydrogen-bond acceptors (Lipinski definition) is 3. The molecule has 2 amide bonds. The summed E-state index contributed by atoms with van der Waals surface area (Å²) in [5, 5.41) is 13.7. The quantitative estimate of drug-likeness (QED) is 0.670. The molecule has 1 aliphatic rings. The van der Waals surface area contributed by atoms with Crippen molar-refractivity contribution in [3.05, 3.63) is 33.3 Å². The molecule has 1 aromatic rings. The number of amides is 2. The zero-order valence-corrected chi connectivity index (χ0v) is 11.9. The number of nitro benzene ring substituents is 1. The van der Waals surface area contributed by atoms with Gasteiger partial charge in [0.05, 0.1) is 15.6 Å². The average Bonchev–Trinajstić information content (AvgIpc) is 2.41. The Bertz CT molecular complexity index is 528. The number of nitrogens with one attached hydrogen (secondary N) is 1. The zero-order chi connectivity index (χ0) is 14.7. The van der Waals surface area contributed by atoms with Crippen LogP contribution in [0.3, 0.4) is 0 Å². The number of halogens is 1. The molecule has 0 radical (unpaired) electrons. The van der Waals surface area contributed by atoms with Crippen LogP contribution < -0.4 is 5.32 Å². The number of nitrogens with zero attached hydrogens (tertiary/aromatic N) is 2. The third kappa shape index (κ3) is 3.39. The van der Waals surface area contributed by atoms with E-state index in [1.165, 1.54) is 18.2 Å². The van der Waals surface area contributed by atoms with Crippen molar-refractivity contribution < 1.29 is 9.72 Å². The highest BCUT2D eigenvalue weighted by molar-refractivity contribution is 6.33. The van der Waals surface area contributed by atoms with Crippen molar-refractivity contribution in [1.29, 1.82) is 0 Å². The first-order valence-electron chi connectivity index (χ1n) is 6.47. The van der Waals surface area contributed by atoms with Crippen molar-refractivity contribution in [3.8, 4) is 0 Å². The lowest BCUT2D eigenvalue weighted by Gasteiger charge is -2.30. The van der Waals surface area contributed by atoms with Crippen LogP contribution in [0.4, 0.5) is 16.2 Å². The van der Waals surface area contributed by atoms with Gasteiger partial charge in [-0.3, -0.25) is 10.1 Å². The van der Waals surface area contributed by atoms with Crippen LogP contribution in [-0.2, 0) is 0 Å². The second-order valence-corrected chi connectivity index (χ2v) is 5.43. The SMILES string of the molecule is CC1CCN(C(=O)Nc2cc([N+](=O)[O-])ccc2Cl)CC1. The van der Waals surface area contributed by atoms with Crippen molar-refractivity contribution in [3.63, 3.8) is 0 Å². The Kier molecular flexibility index (Phi) is 4.44. The molecule has 0 atom stereocenters. The van der Waals surface area contributed by atoms with Gasteiger partial charge >= 0.3 is 6.03 Å². The number of nitro groups is 1. The van der Waals surface area contributed by atoms with E-state index in [1.54, 1.807) is 4.90 Å². The van der Waals surface area contributed by atoms with Gasteiger partial charge in [0, 0.05) is 25.2 Å². The topological polar surface area (TPSA) is 75.5 Å². The maximum Gasteiger partial charge on any atom is 0.321 e. The summed E-state index contributed by atoms with van der Waals surface area (Å²) in [6.45, 7) is 3.55. The first-order chi connectivity index (χ1) is 9.47. The van der Waals surface area contributed by atoms with Crippen LogP contribution in [-0.4, -0.2) is 28.9 Å². The van der Waals surface area contributed by atoms with Gasteiger partial charge in [-0.05, 0) is 24.8 Å². The smallest absolute Gasteiger partial charge is 0.321 e. The number of carbonyl (C=O) groups is 1. The summed E-state index contributed by atoms with van der Waals surface area (Å²) >= 11 is 5.95. The first kappa shape index (κ1) is 14.6. The number of likely N-dealkylation sites (tertiary alicyclic amines) is 1. The van der Waals surface area contributed by atoms with Gasteiger partial charge in [-0.2, -0.15) is 0 Å². The predicted molar refractivity (Wildman–Crippen MR) is 77.1 cm³/mol. The second-order valence-electron chi connectivity index (χ2n) is 5.02. The van der Waals surface area contributed by atoms with Crippen LogP contribution in [0.5, 0.6) is 0 Å². The van der Waals surface area contributed by atoms with E-state index in [1.807, 2.05) is 0 Å². The van der Waals surface area contributed by atoms with Crippen molar-refractivity contribution in [2.24, 2.45) is 5.92 Å². The maximum atomic E-state index is 12.1. The van der Waals surface area contributed by atoms with Gasteiger partial charge in [0.1, 0.15) is 0 Å². The van der Waals surface area contributed by atoms with E-state index in [-0.39, 0.29) is 22.4 Å². The molecule has 0 unspecified atom stereocenters. The third-order valence-corrected chi connectivity index (χ3v) is 3.80. The maximum absolute atomic E-state index is 12.1. The normalized spacial score (nSPS) is 16.0. The van der Waals surface area contributed by atoms with Crippen molar-refractivity contribution in [1.82, 2.24) is 4.90 Å². The van der Waals surface area contributed by atoms with Crippen LogP contribution in [0.1, 0.15) is 19.8 Å². The van der Waals surface area contributed by atoms with E-state index in [0.717, 1.165) is 12.8 Å². The summed E-state index contributed by atoms with van der Waals surface area (Å²) in [6, 6.07) is 3.72. The highest BCUT2D eigenvalue weighted by Crippen LogP contribution is 2.27. The molecule has 0 aliphatic carbocycles. The van der Waals surface area contributed by atoms with Gasteiger partial charge < -0.3 is 10.2 Å². The van der Waals surface area contributed by atoms with E-state index in [9.17, 15) is 14.9 Å². The lowest BCUT2D eigenvalue weighted by atomic mass is 10.00. The molecule has 7 heteroatoms. The highest BCUT2D eigenvalue weighted by atomic mass is 35.5. The fraction of sp³-hybridized carbons (Fsp3) is 0.462. The van der Waals surface area contributed by atoms with Crippen molar-refractivity contribution in [2.45, 2.75) is 19.8 Å². The molecule has 1 heterocycles. The lowest BCUT2D eigenvalue weighted by Crippen LogP contribution is -2.40. The van der Waals surface area contributed by atoms with E-state index in [2.05, 4.69) is 12.2 Å². The highest BCUT2D eigenvalue weighted by Gasteiger charge is 2.21. The first-order valence-corrected chi connectivity index (χ1v) is 6.85. The number of piperidine rings is 1. The summed E-state index contributed by atoms with van der Waals surface area (Å²) in [6.07, 6.45) is 1.94. The molecule has 0 saturated carbocycles. The molecule has 0 aromatic heterocycles. The monoisotopic (exact) mass is 297 g/mol. The average molecular weight is 298 g/mol. The molecule has 2 rings (SSSR count). The summed E-state index contributed by atoms with van der Waals surface area (Å²) in [7, 11) is 0. The molecule has 0 bridgehead atoms.